The van der Waals surface area contributed by atoms with E-state index >= 15 is 0 Å². The molecule has 1 saturated heterocycles. The van der Waals surface area contributed by atoms with Crippen molar-refractivity contribution in [2.75, 3.05) is 50.1 Å². The number of fused-ring (bicyclic) bond motifs is 3. The second-order valence-corrected chi connectivity index (χ2v) is 14.9. The Kier molecular flexibility index (Phi) is 9.36. The van der Waals surface area contributed by atoms with Crippen LogP contribution in [0.15, 0.2) is 30.7 Å². The number of benzene rings is 1. The highest BCUT2D eigenvalue weighted by Gasteiger charge is 2.39. The molecule has 264 valence electrons. The minimum atomic E-state index is -0.0669. The maximum absolute atomic E-state index is 13.4. The molecule has 2 N–H and O–H groups in total. The number of hydrogen-bond donors (Lipinski definition) is 2. The third-order valence-electron chi connectivity index (χ3n) is 11.8. The standard InChI is InChI=1S/C38H50N10O2/c1-3-32-35-31(21-39)41-24-47(35)33-22-40-38(44-36(33)48(32)29-6-4-5-7-29)43-30-15-10-26(20-34(30)50-2)37(49)42-27-11-13-28(14-12-27)46-18-16-45(17-19-46)23-25-8-9-25/h10,15,20,22,24-25,27-29,32H,3-9,11-14,16-19,23H2,1-2H3,(H,42,49)(H,40,43,44). The number of ether oxygens (including phenoxy) is 1. The van der Waals surface area contributed by atoms with Gasteiger partial charge in [0.25, 0.3) is 5.91 Å². The van der Waals surface area contributed by atoms with Crippen LogP contribution in [0.5, 0.6) is 5.75 Å². The smallest absolute Gasteiger partial charge is 0.251 e. The van der Waals surface area contributed by atoms with Gasteiger partial charge < -0.3 is 25.2 Å². The van der Waals surface area contributed by atoms with Crippen molar-refractivity contribution < 1.29 is 9.53 Å². The minimum absolute atomic E-state index is 0.000195. The fourth-order valence-corrected chi connectivity index (χ4v) is 8.91. The molecule has 8 rings (SSSR count). The van der Waals surface area contributed by atoms with Gasteiger partial charge in [0, 0.05) is 56.4 Å². The van der Waals surface area contributed by atoms with E-state index in [0.717, 1.165) is 68.1 Å². The Labute approximate surface area is 295 Å². The lowest BCUT2D eigenvalue weighted by molar-refractivity contribution is 0.0694. The number of anilines is 3. The molecule has 0 radical (unpaired) electrons. The number of carbonyl (C=O) groups is 1. The topological polar surface area (TPSA) is 127 Å². The van der Waals surface area contributed by atoms with Gasteiger partial charge in [-0.15, -0.1) is 0 Å². The number of nitriles is 1. The summed E-state index contributed by atoms with van der Waals surface area (Å²) in [5.41, 5.74) is 3.47. The van der Waals surface area contributed by atoms with E-state index in [2.05, 4.69) is 48.3 Å². The van der Waals surface area contributed by atoms with Crippen molar-refractivity contribution in [3.05, 3.63) is 47.7 Å². The van der Waals surface area contributed by atoms with Gasteiger partial charge in [-0.1, -0.05) is 19.8 Å². The second-order valence-electron chi connectivity index (χ2n) is 14.9. The molecule has 4 heterocycles. The molecule has 5 aliphatic rings. The summed E-state index contributed by atoms with van der Waals surface area (Å²) in [6.45, 7) is 8.21. The highest BCUT2D eigenvalue weighted by Crippen LogP contribution is 2.44. The summed E-state index contributed by atoms with van der Waals surface area (Å²) >= 11 is 0. The molecule has 0 spiro atoms. The number of hydrogen-bond acceptors (Lipinski definition) is 10. The van der Waals surface area contributed by atoms with Crippen molar-refractivity contribution in [1.29, 1.82) is 5.26 Å². The van der Waals surface area contributed by atoms with Crippen LogP contribution < -0.4 is 20.3 Å². The van der Waals surface area contributed by atoms with Crippen LogP contribution in [0.4, 0.5) is 17.5 Å². The lowest BCUT2D eigenvalue weighted by Crippen LogP contribution is -2.52. The first-order chi connectivity index (χ1) is 24.5. The zero-order valence-corrected chi connectivity index (χ0v) is 29.5. The fraction of sp³-hybridized carbons (Fsp3) is 0.605. The molecule has 3 aliphatic carbocycles. The third-order valence-corrected chi connectivity index (χ3v) is 11.8. The van der Waals surface area contributed by atoms with Crippen LogP contribution >= 0.6 is 0 Å². The van der Waals surface area contributed by atoms with Gasteiger partial charge in [0.05, 0.1) is 30.7 Å². The molecule has 50 heavy (non-hydrogen) atoms. The van der Waals surface area contributed by atoms with Crippen molar-refractivity contribution >= 4 is 23.4 Å². The second kappa shape index (κ2) is 14.2. The number of amides is 1. The van der Waals surface area contributed by atoms with Gasteiger partial charge in [0.1, 0.15) is 23.8 Å². The van der Waals surface area contributed by atoms with Crippen molar-refractivity contribution in [1.82, 2.24) is 34.6 Å². The first-order valence-corrected chi connectivity index (χ1v) is 18.9. The molecule has 3 aromatic rings. The summed E-state index contributed by atoms with van der Waals surface area (Å²) in [4.78, 5) is 35.3. The van der Waals surface area contributed by atoms with Crippen LogP contribution in [0.25, 0.3) is 5.69 Å². The number of rotatable bonds is 10. The Morgan fingerprint density at radius 1 is 1.00 bits per heavy atom. The average Bonchev–Trinajstić information content (AvgIpc) is 3.60. The monoisotopic (exact) mass is 678 g/mol. The first-order valence-electron chi connectivity index (χ1n) is 18.9. The predicted octanol–water partition coefficient (Wildman–Crippen LogP) is 5.57. The summed E-state index contributed by atoms with van der Waals surface area (Å²) < 4.78 is 7.74. The summed E-state index contributed by atoms with van der Waals surface area (Å²) in [6, 6.07) is 8.96. The van der Waals surface area contributed by atoms with Crippen LogP contribution in [-0.4, -0.2) is 93.2 Å². The molecular weight excluding hydrogens is 628 g/mol. The van der Waals surface area contributed by atoms with Gasteiger partial charge in [0.2, 0.25) is 5.95 Å². The number of methoxy groups -OCH3 is 1. The molecule has 1 unspecified atom stereocenters. The van der Waals surface area contributed by atoms with E-state index in [1.807, 2.05) is 22.9 Å². The number of imidazole rings is 1. The van der Waals surface area contributed by atoms with Gasteiger partial charge >= 0.3 is 0 Å². The van der Waals surface area contributed by atoms with Crippen molar-refractivity contribution in [3.8, 4) is 17.5 Å². The maximum Gasteiger partial charge on any atom is 0.251 e. The van der Waals surface area contributed by atoms with Gasteiger partial charge in [-0.05, 0) is 81.9 Å². The van der Waals surface area contributed by atoms with Crippen LogP contribution in [-0.2, 0) is 0 Å². The molecule has 12 heteroatoms. The molecule has 4 fully saturated rings. The van der Waals surface area contributed by atoms with Gasteiger partial charge in [-0.2, -0.15) is 10.2 Å². The van der Waals surface area contributed by atoms with Crippen LogP contribution in [0.2, 0.25) is 0 Å². The SMILES string of the molecule is CCC1c2c(C#N)ncn2-c2cnc(Nc3ccc(C(=O)NC4CCC(N5CCN(CC6CC6)CC5)CC4)cc3OC)nc2N1C1CCCC1. The summed E-state index contributed by atoms with van der Waals surface area (Å²) in [6.07, 6.45) is 16.1. The summed E-state index contributed by atoms with van der Waals surface area (Å²) in [5.74, 6) is 2.74. The van der Waals surface area contributed by atoms with E-state index in [4.69, 9.17) is 9.72 Å². The predicted molar refractivity (Wildman–Crippen MR) is 192 cm³/mol. The van der Waals surface area contributed by atoms with Crippen LogP contribution in [0, 0.1) is 17.2 Å². The third kappa shape index (κ3) is 6.53. The maximum atomic E-state index is 13.4. The minimum Gasteiger partial charge on any atom is -0.495 e. The number of piperazine rings is 1. The number of carbonyl (C=O) groups excluding carboxylic acids is 1. The van der Waals surface area contributed by atoms with Crippen molar-refractivity contribution in [3.63, 3.8) is 0 Å². The number of nitrogens with zero attached hydrogens (tertiary/aromatic N) is 8. The van der Waals surface area contributed by atoms with E-state index in [9.17, 15) is 10.1 Å². The highest BCUT2D eigenvalue weighted by molar-refractivity contribution is 5.95. The zero-order chi connectivity index (χ0) is 34.2. The van der Waals surface area contributed by atoms with Gasteiger partial charge in [-0.3, -0.25) is 14.3 Å². The van der Waals surface area contributed by atoms with Crippen LogP contribution in [0.1, 0.15) is 105 Å². The van der Waals surface area contributed by atoms with Gasteiger partial charge in [-0.25, -0.2) is 9.97 Å². The Morgan fingerprint density at radius 3 is 2.48 bits per heavy atom. The lowest BCUT2D eigenvalue weighted by atomic mass is 9.89. The Balaban J connectivity index is 0.928. The lowest BCUT2D eigenvalue weighted by Gasteiger charge is -2.42. The molecule has 1 aromatic carbocycles. The van der Waals surface area contributed by atoms with E-state index in [-0.39, 0.29) is 18.0 Å². The average molecular weight is 679 g/mol. The molecule has 2 aromatic heterocycles. The Hall–Kier alpha value is -4.21. The van der Waals surface area contributed by atoms with Crippen molar-refractivity contribution in [2.24, 2.45) is 5.92 Å². The normalized spacial score (nSPS) is 24.3. The van der Waals surface area contributed by atoms with E-state index in [1.54, 1.807) is 19.5 Å². The quantitative estimate of drug-likeness (QED) is 0.281. The zero-order valence-electron chi connectivity index (χ0n) is 29.5. The Bertz CT molecular complexity index is 1730. The molecule has 2 aliphatic heterocycles. The number of aromatic nitrogens is 4. The molecule has 3 saturated carbocycles. The molecular formula is C38H50N10O2. The summed E-state index contributed by atoms with van der Waals surface area (Å²) in [5, 5.41) is 16.5. The number of nitrogens with one attached hydrogen (secondary N) is 2. The fourth-order valence-electron chi connectivity index (χ4n) is 8.91. The van der Waals surface area contributed by atoms with Gasteiger partial charge in [0.15, 0.2) is 11.5 Å². The van der Waals surface area contributed by atoms with E-state index in [1.165, 1.54) is 58.4 Å². The Morgan fingerprint density at radius 2 is 1.78 bits per heavy atom. The molecule has 12 nitrogen and oxygen atoms in total. The molecule has 0 bridgehead atoms. The highest BCUT2D eigenvalue weighted by atomic mass is 16.5. The van der Waals surface area contributed by atoms with Crippen LogP contribution in [0.3, 0.4) is 0 Å². The largest absolute Gasteiger partial charge is 0.495 e. The van der Waals surface area contributed by atoms with Crippen molar-refractivity contribution in [2.45, 2.75) is 102 Å². The molecule has 1 atom stereocenters. The van der Waals surface area contributed by atoms with E-state index < -0.39 is 0 Å². The van der Waals surface area contributed by atoms with E-state index in [0.29, 0.717) is 40.7 Å². The first kappa shape index (κ1) is 33.0. The summed E-state index contributed by atoms with van der Waals surface area (Å²) in [7, 11) is 1.62. The molecule has 1 amide bonds.